The number of nitrogens with one attached hydrogen (secondary N) is 1. The first-order chi connectivity index (χ1) is 8.36. The van der Waals surface area contributed by atoms with Crippen LogP contribution in [-0.4, -0.2) is 42.9 Å². The smallest absolute Gasteiger partial charge is 0.327 e. The molecule has 4 nitrogen and oxygen atoms in total. The number of carbonyl (C=O) groups excluding carboxylic acids is 1. The van der Waals surface area contributed by atoms with E-state index in [0.717, 1.165) is 11.0 Å². The van der Waals surface area contributed by atoms with Gasteiger partial charge in [0, 0.05) is 14.1 Å². The highest BCUT2D eigenvalue weighted by atomic mass is 32.1. The maximum absolute atomic E-state index is 12.1. The number of carbonyl (C=O) groups is 1. The van der Waals surface area contributed by atoms with E-state index in [-0.39, 0.29) is 6.03 Å². The van der Waals surface area contributed by atoms with Crippen molar-refractivity contribution in [1.29, 1.82) is 0 Å². The highest BCUT2D eigenvalue weighted by Crippen LogP contribution is 2.27. The molecule has 6 heteroatoms. The maximum Gasteiger partial charge on any atom is 0.327 e. The van der Waals surface area contributed by atoms with Crippen LogP contribution in [0.4, 0.5) is 4.79 Å². The van der Waals surface area contributed by atoms with Crippen LogP contribution >= 0.6 is 12.2 Å². The molecule has 2 amide bonds. The van der Waals surface area contributed by atoms with Crippen molar-refractivity contribution >= 4 is 36.7 Å². The van der Waals surface area contributed by atoms with Gasteiger partial charge in [-0.3, -0.25) is 4.90 Å². The van der Waals surface area contributed by atoms with Gasteiger partial charge < -0.3 is 10.2 Å². The van der Waals surface area contributed by atoms with E-state index in [9.17, 15) is 4.79 Å². The zero-order chi connectivity index (χ0) is 13.5. The third-order valence-corrected chi connectivity index (χ3v) is 3.86. The first-order valence-electron chi connectivity index (χ1n) is 5.77. The molecule has 1 aliphatic heterocycles. The minimum Gasteiger partial charge on any atom is -0.336 e. The van der Waals surface area contributed by atoms with Gasteiger partial charge in [0.15, 0.2) is 5.11 Å². The first kappa shape index (κ1) is 12.9. The third-order valence-electron chi connectivity index (χ3n) is 3.48. The summed E-state index contributed by atoms with van der Waals surface area (Å²) in [6, 6.07) is 7.96. The van der Waals surface area contributed by atoms with E-state index in [1.165, 1.54) is 4.90 Å². The van der Waals surface area contributed by atoms with Crippen LogP contribution < -0.4 is 10.8 Å². The highest BCUT2D eigenvalue weighted by Gasteiger charge is 2.42. The standard InChI is InChI=1S/C12H16BN3OS/c1-12(8-5-4-6-9(13)7-8)14-10(18)15(2)11(17)16(12)3/h4-7H,13H2,1-3H3,(H,14,18). The SMILES string of the molecule is Bc1cccc(C2(C)NC(=S)N(C)C(=O)N2C)c1. The van der Waals surface area contributed by atoms with Crippen LogP contribution in [0.2, 0.25) is 0 Å². The Morgan fingerprint density at radius 1 is 1.39 bits per heavy atom. The molecule has 1 saturated heterocycles. The lowest BCUT2D eigenvalue weighted by Gasteiger charge is -2.47. The lowest BCUT2D eigenvalue weighted by atomic mass is 9.90. The largest absolute Gasteiger partial charge is 0.336 e. The fraction of sp³-hybridized carbons (Fsp3) is 0.333. The Labute approximate surface area is 113 Å². The summed E-state index contributed by atoms with van der Waals surface area (Å²) < 4.78 is 0. The summed E-state index contributed by atoms with van der Waals surface area (Å²) in [5, 5.41) is 3.68. The Balaban J connectivity index is 2.47. The number of hydrogen-bond donors (Lipinski definition) is 1. The van der Waals surface area contributed by atoms with E-state index in [4.69, 9.17) is 12.2 Å². The lowest BCUT2D eigenvalue weighted by Crippen LogP contribution is -2.67. The summed E-state index contributed by atoms with van der Waals surface area (Å²) in [4.78, 5) is 15.2. The van der Waals surface area contributed by atoms with Gasteiger partial charge in [-0.25, -0.2) is 4.79 Å². The Hall–Kier alpha value is -1.56. The molecule has 0 saturated carbocycles. The molecule has 1 atom stereocenters. The molecule has 1 aromatic rings. The van der Waals surface area contributed by atoms with Crippen molar-refractivity contribution in [3.63, 3.8) is 0 Å². The molecule has 1 unspecified atom stereocenters. The molecular formula is C12H16BN3OS. The summed E-state index contributed by atoms with van der Waals surface area (Å²) in [5.41, 5.74) is 1.57. The van der Waals surface area contributed by atoms with Crippen LogP contribution in [0.1, 0.15) is 12.5 Å². The number of rotatable bonds is 1. The summed E-state index contributed by atoms with van der Waals surface area (Å²) in [7, 11) is 5.47. The molecule has 0 aromatic heterocycles. The summed E-state index contributed by atoms with van der Waals surface area (Å²) in [6.45, 7) is 1.96. The van der Waals surface area contributed by atoms with Gasteiger partial charge in [-0.05, 0) is 24.7 Å². The van der Waals surface area contributed by atoms with E-state index < -0.39 is 5.66 Å². The number of nitrogens with zero attached hydrogens (tertiary/aromatic N) is 2. The van der Waals surface area contributed by atoms with Crippen molar-refractivity contribution in [1.82, 2.24) is 15.1 Å². The third kappa shape index (κ3) is 1.86. The van der Waals surface area contributed by atoms with Gasteiger partial charge in [-0.15, -0.1) is 0 Å². The normalized spacial score (nSPS) is 24.2. The number of hydrogen-bond acceptors (Lipinski definition) is 2. The highest BCUT2D eigenvalue weighted by molar-refractivity contribution is 7.80. The molecular weight excluding hydrogens is 245 g/mol. The maximum atomic E-state index is 12.1. The van der Waals surface area contributed by atoms with Crippen molar-refractivity contribution in [3.8, 4) is 0 Å². The van der Waals surface area contributed by atoms with Gasteiger partial charge in [0.2, 0.25) is 0 Å². The molecule has 1 heterocycles. The van der Waals surface area contributed by atoms with Crippen LogP contribution in [-0.2, 0) is 5.66 Å². The molecule has 0 aliphatic carbocycles. The van der Waals surface area contributed by atoms with Gasteiger partial charge in [0.05, 0.1) is 0 Å². The number of amides is 2. The number of urea groups is 1. The summed E-state index contributed by atoms with van der Waals surface area (Å²) in [6.07, 6.45) is 0. The van der Waals surface area contributed by atoms with Crippen molar-refractivity contribution in [3.05, 3.63) is 29.8 Å². The zero-order valence-corrected chi connectivity index (χ0v) is 11.8. The minimum absolute atomic E-state index is 0.109. The molecule has 1 N–H and O–H groups in total. The fourth-order valence-electron chi connectivity index (χ4n) is 2.09. The molecule has 0 bridgehead atoms. The predicted molar refractivity (Wildman–Crippen MR) is 78.6 cm³/mol. The van der Waals surface area contributed by atoms with E-state index in [2.05, 4.69) is 11.4 Å². The van der Waals surface area contributed by atoms with Crippen LogP contribution in [0.3, 0.4) is 0 Å². The first-order valence-corrected chi connectivity index (χ1v) is 6.18. The Kier molecular flexibility index (Phi) is 3.06. The zero-order valence-electron chi connectivity index (χ0n) is 11.0. The van der Waals surface area contributed by atoms with Gasteiger partial charge >= 0.3 is 6.03 Å². The predicted octanol–water partition coefficient (Wildman–Crippen LogP) is -0.0106. The monoisotopic (exact) mass is 261 g/mol. The average molecular weight is 261 g/mol. The summed E-state index contributed by atoms with van der Waals surface area (Å²) >= 11 is 5.21. The van der Waals surface area contributed by atoms with E-state index in [1.807, 2.05) is 33.0 Å². The fourth-order valence-corrected chi connectivity index (χ4v) is 2.37. The average Bonchev–Trinajstić information content (AvgIpc) is 2.34. The second-order valence-corrected chi connectivity index (χ2v) is 5.16. The Morgan fingerprint density at radius 3 is 2.67 bits per heavy atom. The second kappa shape index (κ2) is 4.28. The molecule has 1 fully saturated rings. The molecule has 94 valence electrons. The summed E-state index contributed by atoms with van der Waals surface area (Å²) in [5.74, 6) is 0. The van der Waals surface area contributed by atoms with Crippen LogP contribution in [0.5, 0.6) is 0 Å². The van der Waals surface area contributed by atoms with Crippen molar-refractivity contribution < 1.29 is 4.79 Å². The number of benzene rings is 1. The van der Waals surface area contributed by atoms with E-state index in [1.54, 1.807) is 19.0 Å². The molecule has 1 aromatic carbocycles. The van der Waals surface area contributed by atoms with Gasteiger partial charge in [0.25, 0.3) is 0 Å². The van der Waals surface area contributed by atoms with E-state index >= 15 is 0 Å². The topological polar surface area (TPSA) is 35.6 Å². The van der Waals surface area contributed by atoms with Crippen LogP contribution in [0, 0.1) is 0 Å². The van der Waals surface area contributed by atoms with Crippen LogP contribution in [0.25, 0.3) is 0 Å². The Bertz CT molecular complexity index is 522. The number of thiocarbonyl (C=S) groups is 1. The molecule has 2 rings (SSSR count). The Morgan fingerprint density at radius 2 is 2.06 bits per heavy atom. The van der Waals surface area contributed by atoms with Gasteiger partial charge in [-0.1, -0.05) is 29.7 Å². The van der Waals surface area contributed by atoms with E-state index in [0.29, 0.717) is 5.11 Å². The molecule has 18 heavy (non-hydrogen) atoms. The van der Waals surface area contributed by atoms with Gasteiger partial charge in [-0.2, -0.15) is 0 Å². The quantitative estimate of drug-likeness (QED) is 0.570. The second-order valence-electron chi connectivity index (χ2n) is 4.77. The van der Waals surface area contributed by atoms with Crippen molar-refractivity contribution in [2.24, 2.45) is 0 Å². The lowest BCUT2D eigenvalue weighted by molar-refractivity contribution is 0.101. The van der Waals surface area contributed by atoms with Crippen LogP contribution in [0.15, 0.2) is 24.3 Å². The van der Waals surface area contributed by atoms with Crippen molar-refractivity contribution in [2.75, 3.05) is 14.1 Å². The molecule has 0 radical (unpaired) electrons. The van der Waals surface area contributed by atoms with Gasteiger partial charge in [0.1, 0.15) is 13.5 Å². The minimum atomic E-state index is -0.604. The molecule has 1 aliphatic rings. The molecule has 0 spiro atoms. The van der Waals surface area contributed by atoms with Crippen molar-refractivity contribution in [2.45, 2.75) is 12.6 Å².